The number of rotatable bonds is 5. The van der Waals surface area contributed by atoms with Crippen LogP contribution in [0.3, 0.4) is 0 Å². The van der Waals surface area contributed by atoms with Gasteiger partial charge in [-0.05, 0) is 45.1 Å². The highest BCUT2D eigenvalue weighted by Gasteiger charge is 2.40. The number of nitrogens with zero attached hydrogens (tertiary/aromatic N) is 4. The number of aliphatic hydroxyl groups is 1. The van der Waals surface area contributed by atoms with Crippen LogP contribution in [0.25, 0.3) is 11.0 Å². The first kappa shape index (κ1) is 17.3. The molecule has 1 aliphatic carbocycles. The van der Waals surface area contributed by atoms with Crippen LogP contribution in [0.5, 0.6) is 0 Å². The van der Waals surface area contributed by atoms with Crippen LogP contribution < -0.4 is 10.9 Å². The van der Waals surface area contributed by atoms with E-state index in [2.05, 4.69) is 15.3 Å². The molecule has 2 N–H and O–H groups in total. The number of anilines is 1. The number of aromatic nitrogens is 3. The summed E-state index contributed by atoms with van der Waals surface area (Å²) in [5.41, 5.74) is -3.68. The van der Waals surface area contributed by atoms with E-state index < -0.39 is 51.4 Å². The first-order valence-corrected chi connectivity index (χ1v) is 11.6. The summed E-state index contributed by atoms with van der Waals surface area (Å²) in [7, 11) is -4.55. The fraction of sp³-hybridized carbons (Fsp3) is 0.650. The van der Waals surface area contributed by atoms with Crippen LogP contribution in [-0.2, 0) is 10.0 Å². The van der Waals surface area contributed by atoms with Crippen molar-refractivity contribution in [2.75, 3.05) is 24.6 Å². The summed E-state index contributed by atoms with van der Waals surface area (Å²) in [6.07, 6.45) is -5.26. The van der Waals surface area contributed by atoms with Crippen molar-refractivity contribution in [1.29, 1.82) is 0 Å². The molecule has 4 rings (SSSR count). The Kier molecular flexibility index (Phi) is 4.49. The number of piperidine rings is 1. The minimum atomic E-state index is -4.55. The molecule has 0 unspecified atom stereocenters. The number of pyridine rings is 1. The topological polar surface area (TPSA) is 117 Å². The van der Waals surface area contributed by atoms with Crippen molar-refractivity contribution in [3.05, 3.63) is 28.2 Å². The lowest BCUT2D eigenvalue weighted by Gasteiger charge is -2.31. The largest absolute Gasteiger partial charge is 0.388 e. The van der Waals surface area contributed by atoms with Gasteiger partial charge in [0.2, 0.25) is 16.0 Å². The van der Waals surface area contributed by atoms with Crippen LogP contribution >= 0.6 is 0 Å². The quantitative estimate of drug-likeness (QED) is 0.678. The molecule has 0 amide bonds. The predicted octanol–water partition coefficient (Wildman–Crippen LogP) is 2.04. The van der Waals surface area contributed by atoms with Crippen molar-refractivity contribution < 1.29 is 29.2 Å². The predicted molar refractivity (Wildman–Crippen MR) is 115 cm³/mol. The molecule has 2 aromatic rings. The van der Waals surface area contributed by atoms with Gasteiger partial charge in [0.15, 0.2) is 0 Å². The SMILES string of the molecule is [2H]C1(Nc2ncc3cc(C([2H])(F)F)c(=O)n([C@H]4CCC[C@]4(C)O)c3n2)CCN(S(=O)(=O)C([2H])([2H])[2H])CC1. The molecule has 1 saturated heterocycles. The van der Waals surface area contributed by atoms with E-state index >= 15 is 0 Å². The Bertz CT molecular complexity index is 1370. The Hall–Kier alpha value is -2.18. The molecule has 12 heteroatoms. The van der Waals surface area contributed by atoms with Gasteiger partial charge in [-0.3, -0.25) is 9.36 Å². The van der Waals surface area contributed by atoms with E-state index in [9.17, 15) is 27.1 Å². The lowest BCUT2D eigenvalue weighted by atomic mass is 9.99. The van der Waals surface area contributed by atoms with Crippen LogP contribution in [0.4, 0.5) is 14.7 Å². The van der Waals surface area contributed by atoms with Gasteiger partial charge in [0.1, 0.15) is 7.02 Å². The minimum absolute atomic E-state index is 0.0346. The van der Waals surface area contributed by atoms with Crippen molar-refractivity contribution >= 4 is 27.0 Å². The maximum atomic E-state index is 14.0. The maximum absolute atomic E-state index is 14.0. The molecule has 0 radical (unpaired) electrons. The Balaban J connectivity index is 1.70. The van der Waals surface area contributed by atoms with Crippen molar-refractivity contribution in [1.82, 2.24) is 18.8 Å². The van der Waals surface area contributed by atoms with E-state index in [4.69, 9.17) is 6.85 Å². The van der Waals surface area contributed by atoms with Gasteiger partial charge >= 0.3 is 0 Å². The van der Waals surface area contributed by atoms with Crippen molar-refractivity contribution in [2.45, 2.75) is 63.1 Å². The van der Waals surface area contributed by atoms with Crippen LogP contribution in [0.2, 0.25) is 0 Å². The third-order valence-electron chi connectivity index (χ3n) is 6.12. The molecule has 2 atom stereocenters. The third-order valence-corrected chi connectivity index (χ3v) is 7.17. The maximum Gasteiger partial charge on any atom is 0.269 e. The lowest BCUT2D eigenvalue weighted by Crippen LogP contribution is -2.42. The summed E-state index contributed by atoms with van der Waals surface area (Å²) in [5, 5.41) is 13.6. The second-order valence-corrected chi connectivity index (χ2v) is 9.83. The molecule has 0 bridgehead atoms. The monoisotopic (exact) mass is 476 g/mol. The summed E-state index contributed by atoms with van der Waals surface area (Å²) in [6.45, 7) is 1.03. The first-order chi connectivity index (χ1) is 16.9. The van der Waals surface area contributed by atoms with Crippen molar-refractivity contribution in [3.63, 3.8) is 0 Å². The highest BCUT2D eigenvalue weighted by Crippen LogP contribution is 2.39. The number of hydrogen-bond acceptors (Lipinski definition) is 7. The Morgan fingerprint density at radius 2 is 2.12 bits per heavy atom. The van der Waals surface area contributed by atoms with Gasteiger partial charge in [0, 0.05) is 34.8 Å². The van der Waals surface area contributed by atoms with Gasteiger partial charge in [-0.2, -0.15) is 4.98 Å². The van der Waals surface area contributed by atoms with E-state index in [1.54, 1.807) is 0 Å². The number of halogens is 2. The molecule has 1 saturated carbocycles. The molecule has 0 spiro atoms. The summed E-state index contributed by atoms with van der Waals surface area (Å²) in [6, 6.07) is -1.53. The van der Waals surface area contributed by atoms with Crippen LogP contribution in [-0.4, -0.2) is 63.3 Å². The molecule has 32 heavy (non-hydrogen) atoms. The smallest absolute Gasteiger partial charge is 0.269 e. The van der Waals surface area contributed by atoms with Crippen LogP contribution in [0.1, 0.15) is 63.9 Å². The highest BCUT2D eigenvalue weighted by molar-refractivity contribution is 7.88. The Morgan fingerprint density at radius 1 is 1.41 bits per heavy atom. The normalized spacial score (nSPS) is 29.6. The Morgan fingerprint density at radius 3 is 2.72 bits per heavy atom. The molecule has 2 fully saturated rings. The number of hydrogen-bond donors (Lipinski definition) is 2. The number of fused-ring (bicyclic) bond motifs is 1. The van der Waals surface area contributed by atoms with Gasteiger partial charge in [-0.25, -0.2) is 26.5 Å². The molecule has 2 aromatic heterocycles. The van der Waals surface area contributed by atoms with Crippen LogP contribution in [0.15, 0.2) is 17.1 Å². The Labute approximate surface area is 191 Å². The summed E-state index contributed by atoms with van der Waals surface area (Å²) >= 11 is 0. The van der Waals surface area contributed by atoms with E-state index in [0.29, 0.717) is 19.3 Å². The third kappa shape index (κ3) is 4.35. The average molecular weight is 477 g/mol. The second kappa shape index (κ2) is 8.31. The van der Waals surface area contributed by atoms with Gasteiger partial charge in [-0.15, -0.1) is 0 Å². The van der Waals surface area contributed by atoms with Crippen LogP contribution in [0, 0.1) is 0 Å². The molecule has 1 aliphatic heterocycles. The fourth-order valence-corrected chi connectivity index (χ4v) is 5.09. The standard InChI is InChI=1S/C20H27F2N5O4S/c1-20(29)7-3-4-15(20)27-17-12(10-14(16(21)22)18(27)28)11-23-19(25-17)24-13-5-8-26(9-6-13)32(2,30)31/h10-11,13,15-16,29H,3-9H2,1-2H3,(H,23,24,25)/t15-,20-/m0/s1/i2D3,13D,16D. The molecule has 3 heterocycles. The van der Waals surface area contributed by atoms with E-state index in [1.165, 1.54) is 6.92 Å². The average Bonchev–Trinajstić information content (AvgIpc) is 3.10. The zero-order valence-corrected chi connectivity index (χ0v) is 18.1. The summed E-state index contributed by atoms with van der Waals surface area (Å²) < 4.78 is 91.6. The fourth-order valence-electron chi connectivity index (χ4n) is 4.42. The zero-order valence-electron chi connectivity index (χ0n) is 22.3. The zero-order chi connectivity index (χ0) is 27.6. The number of nitrogens with one attached hydrogen (secondary N) is 1. The van der Waals surface area contributed by atoms with E-state index in [1.807, 2.05) is 0 Å². The van der Waals surface area contributed by atoms with E-state index in [-0.39, 0.29) is 42.9 Å². The van der Waals surface area contributed by atoms with E-state index in [0.717, 1.165) is 21.1 Å². The summed E-state index contributed by atoms with van der Waals surface area (Å²) in [5.74, 6) is -0.134. The summed E-state index contributed by atoms with van der Waals surface area (Å²) in [4.78, 5) is 21.5. The molecule has 0 aromatic carbocycles. The van der Waals surface area contributed by atoms with Gasteiger partial charge in [0.25, 0.3) is 12.0 Å². The molecular weight excluding hydrogens is 444 g/mol. The number of alkyl halides is 2. The minimum Gasteiger partial charge on any atom is -0.388 e. The second-order valence-electron chi connectivity index (χ2n) is 8.36. The van der Waals surface area contributed by atoms with Gasteiger partial charge in [-0.1, -0.05) is 0 Å². The lowest BCUT2D eigenvalue weighted by molar-refractivity contribution is 0.0261. The molecule has 176 valence electrons. The first-order valence-electron chi connectivity index (χ1n) is 12.7. The highest BCUT2D eigenvalue weighted by atomic mass is 32.2. The van der Waals surface area contributed by atoms with Gasteiger partial charge in [0.05, 0.1) is 24.8 Å². The van der Waals surface area contributed by atoms with Gasteiger partial charge < -0.3 is 10.4 Å². The molecule has 9 nitrogen and oxygen atoms in total. The number of sulfonamides is 1. The van der Waals surface area contributed by atoms with Crippen molar-refractivity contribution in [3.8, 4) is 0 Å². The molecular formula is C20H27F2N5O4S. The molecule has 2 aliphatic rings. The van der Waals surface area contributed by atoms with Crippen molar-refractivity contribution in [2.24, 2.45) is 0 Å².